The Balaban J connectivity index is 2.02. The van der Waals surface area contributed by atoms with Gasteiger partial charge in [-0.25, -0.2) is 4.98 Å². The monoisotopic (exact) mass is 266 g/mol. The van der Waals surface area contributed by atoms with Gasteiger partial charge < -0.3 is 15.2 Å². The molecule has 2 aromatic rings. The summed E-state index contributed by atoms with van der Waals surface area (Å²) in [5.74, 6) is 0.834. The van der Waals surface area contributed by atoms with Crippen LogP contribution in [0.25, 0.3) is 0 Å². The van der Waals surface area contributed by atoms with Crippen LogP contribution in [0.15, 0.2) is 29.0 Å². The number of anilines is 1. The van der Waals surface area contributed by atoms with E-state index in [2.05, 4.69) is 20.8 Å². The number of hydrogen-bond donors (Lipinski definition) is 2. The van der Waals surface area contributed by atoms with Crippen molar-refractivity contribution in [3.63, 3.8) is 0 Å². The van der Waals surface area contributed by atoms with Gasteiger partial charge in [0, 0.05) is 19.3 Å². The molecule has 2 heterocycles. The summed E-state index contributed by atoms with van der Waals surface area (Å²) in [6.45, 7) is 0.268. The minimum atomic E-state index is -0.275. The van der Waals surface area contributed by atoms with Crippen LogP contribution in [0.5, 0.6) is 0 Å². The van der Waals surface area contributed by atoms with Crippen LogP contribution in [0, 0.1) is 0 Å². The van der Waals surface area contributed by atoms with Gasteiger partial charge in [-0.05, 0) is 6.07 Å². The zero-order valence-corrected chi connectivity index (χ0v) is 10.4. The van der Waals surface area contributed by atoms with Gasteiger partial charge in [-0.3, -0.25) is 4.79 Å². The first kappa shape index (κ1) is 12.4. The summed E-state index contributed by atoms with van der Waals surface area (Å²) in [5, 5.41) is 9.43. The normalized spacial score (nSPS) is 10.1. The van der Waals surface area contributed by atoms with E-state index < -0.39 is 0 Å². The third kappa shape index (κ3) is 2.78. The van der Waals surface area contributed by atoms with Gasteiger partial charge in [0.2, 0.25) is 0 Å². The van der Waals surface area contributed by atoms with Gasteiger partial charge in [-0.2, -0.15) is 0 Å². The largest absolute Gasteiger partial charge is 0.372 e. The molecular formula is C11H11ClN4O2. The highest BCUT2D eigenvalue weighted by molar-refractivity contribution is 6.33. The standard InChI is InChI=1S/C11H11ClN4O2/c1-13-10-9(12)4-7(5-14-10)11(17)15-6-8-2-3-16-18-8/h2-5H,6H2,1H3,(H,13,14)(H,15,17). The summed E-state index contributed by atoms with van der Waals surface area (Å²) in [4.78, 5) is 15.8. The van der Waals surface area contributed by atoms with E-state index in [9.17, 15) is 4.79 Å². The number of carbonyl (C=O) groups is 1. The molecule has 2 rings (SSSR count). The van der Waals surface area contributed by atoms with Crippen molar-refractivity contribution in [3.8, 4) is 0 Å². The Morgan fingerprint density at radius 3 is 3.00 bits per heavy atom. The topological polar surface area (TPSA) is 80.0 Å². The molecule has 0 unspecified atom stereocenters. The molecule has 2 aromatic heterocycles. The number of pyridine rings is 1. The molecular weight excluding hydrogens is 256 g/mol. The highest BCUT2D eigenvalue weighted by atomic mass is 35.5. The van der Waals surface area contributed by atoms with Crippen LogP contribution in [0.1, 0.15) is 16.1 Å². The van der Waals surface area contributed by atoms with Gasteiger partial charge in [0.1, 0.15) is 5.82 Å². The quantitative estimate of drug-likeness (QED) is 0.880. The summed E-state index contributed by atoms with van der Waals surface area (Å²) >= 11 is 5.94. The summed E-state index contributed by atoms with van der Waals surface area (Å²) in [6, 6.07) is 3.23. The maximum atomic E-state index is 11.8. The van der Waals surface area contributed by atoms with E-state index in [1.165, 1.54) is 12.4 Å². The molecule has 0 bridgehead atoms. The highest BCUT2D eigenvalue weighted by Gasteiger charge is 2.09. The van der Waals surface area contributed by atoms with Crippen LogP contribution >= 0.6 is 11.6 Å². The zero-order chi connectivity index (χ0) is 13.0. The Hall–Kier alpha value is -2.08. The van der Waals surface area contributed by atoms with Crippen molar-refractivity contribution in [2.24, 2.45) is 0 Å². The summed E-state index contributed by atoms with van der Waals surface area (Å²) in [7, 11) is 1.71. The average Bonchev–Trinajstić information content (AvgIpc) is 2.89. The molecule has 1 amide bonds. The lowest BCUT2D eigenvalue weighted by atomic mass is 10.2. The Kier molecular flexibility index (Phi) is 3.78. The average molecular weight is 267 g/mol. The van der Waals surface area contributed by atoms with Gasteiger partial charge in [0.05, 0.1) is 23.3 Å². The van der Waals surface area contributed by atoms with Crippen molar-refractivity contribution >= 4 is 23.3 Å². The fraction of sp³-hybridized carbons (Fsp3) is 0.182. The van der Waals surface area contributed by atoms with Crippen molar-refractivity contribution in [2.45, 2.75) is 6.54 Å². The first-order chi connectivity index (χ1) is 8.70. The maximum Gasteiger partial charge on any atom is 0.253 e. The molecule has 0 spiro atoms. The van der Waals surface area contributed by atoms with Crippen molar-refractivity contribution in [2.75, 3.05) is 12.4 Å². The predicted octanol–water partition coefficient (Wildman–Crippen LogP) is 1.69. The number of carbonyl (C=O) groups excluding carboxylic acids is 1. The van der Waals surface area contributed by atoms with Crippen LogP contribution in [0.2, 0.25) is 5.02 Å². The lowest BCUT2D eigenvalue weighted by Crippen LogP contribution is -2.22. The number of aromatic nitrogens is 2. The van der Waals surface area contributed by atoms with Crippen molar-refractivity contribution in [1.29, 1.82) is 0 Å². The second kappa shape index (κ2) is 5.50. The molecule has 0 radical (unpaired) electrons. The maximum absolute atomic E-state index is 11.8. The van der Waals surface area contributed by atoms with E-state index >= 15 is 0 Å². The fourth-order valence-corrected chi connectivity index (χ4v) is 1.61. The van der Waals surface area contributed by atoms with E-state index in [4.69, 9.17) is 16.1 Å². The summed E-state index contributed by atoms with van der Waals surface area (Å²) in [6.07, 6.45) is 2.97. The third-order valence-electron chi connectivity index (χ3n) is 2.25. The molecule has 18 heavy (non-hydrogen) atoms. The minimum Gasteiger partial charge on any atom is -0.372 e. The second-order valence-electron chi connectivity index (χ2n) is 3.47. The molecule has 7 heteroatoms. The molecule has 94 valence electrons. The van der Waals surface area contributed by atoms with Crippen LogP contribution in [-0.2, 0) is 6.54 Å². The van der Waals surface area contributed by atoms with Gasteiger partial charge in [0.25, 0.3) is 5.91 Å². The molecule has 0 aliphatic rings. The van der Waals surface area contributed by atoms with Gasteiger partial charge in [0.15, 0.2) is 5.76 Å². The van der Waals surface area contributed by atoms with Crippen molar-refractivity contribution in [1.82, 2.24) is 15.5 Å². The summed E-state index contributed by atoms with van der Waals surface area (Å²) in [5.41, 5.74) is 0.388. The number of nitrogens with one attached hydrogen (secondary N) is 2. The van der Waals surface area contributed by atoms with Crippen LogP contribution in [-0.4, -0.2) is 23.1 Å². The number of amides is 1. The van der Waals surface area contributed by atoms with Crippen molar-refractivity contribution in [3.05, 3.63) is 40.9 Å². The molecule has 0 aromatic carbocycles. The first-order valence-corrected chi connectivity index (χ1v) is 5.59. The van der Waals surface area contributed by atoms with Crippen LogP contribution in [0.3, 0.4) is 0 Å². The number of hydrogen-bond acceptors (Lipinski definition) is 5. The second-order valence-corrected chi connectivity index (χ2v) is 3.87. The van der Waals surface area contributed by atoms with Gasteiger partial charge in [-0.15, -0.1) is 0 Å². The lowest BCUT2D eigenvalue weighted by Gasteiger charge is -2.05. The van der Waals surface area contributed by atoms with E-state index in [-0.39, 0.29) is 12.5 Å². The zero-order valence-electron chi connectivity index (χ0n) is 9.61. The summed E-state index contributed by atoms with van der Waals surface area (Å²) < 4.78 is 4.86. The van der Waals surface area contributed by atoms with Gasteiger partial charge in [-0.1, -0.05) is 16.8 Å². The minimum absolute atomic E-state index is 0.268. The number of halogens is 1. The van der Waals surface area contributed by atoms with Crippen LogP contribution in [0.4, 0.5) is 5.82 Å². The molecule has 0 saturated carbocycles. The number of nitrogens with zero attached hydrogens (tertiary/aromatic N) is 2. The van der Waals surface area contributed by atoms with E-state index in [0.29, 0.717) is 22.2 Å². The van der Waals surface area contributed by atoms with E-state index in [0.717, 1.165) is 0 Å². The van der Waals surface area contributed by atoms with E-state index in [1.54, 1.807) is 19.2 Å². The lowest BCUT2D eigenvalue weighted by molar-refractivity contribution is 0.0946. The molecule has 0 aliphatic heterocycles. The highest BCUT2D eigenvalue weighted by Crippen LogP contribution is 2.19. The van der Waals surface area contributed by atoms with Crippen LogP contribution < -0.4 is 10.6 Å². The third-order valence-corrected chi connectivity index (χ3v) is 2.54. The molecule has 0 fully saturated rings. The SMILES string of the molecule is CNc1ncc(C(=O)NCc2ccno2)cc1Cl. The molecule has 0 aliphatic carbocycles. The fourth-order valence-electron chi connectivity index (χ4n) is 1.35. The van der Waals surface area contributed by atoms with E-state index in [1.807, 2.05) is 0 Å². The molecule has 2 N–H and O–H groups in total. The van der Waals surface area contributed by atoms with Crippen molar-refractivity contribution < 1.29 is 9.32 Å². The molecule has 6 nitrogen and oxygen atoms in total. The first-order valence-electron chi connectivity index (χ1n) is 5.21. The Morgan fingerprint density at radius 2 is 2.39 bits per heavy atom. The van der Waals surface area contributed by atoms with Gasteiger partial charge >= 0.3 is 0 Å². The molecule has 0 saturated heterocycles. The molecule has 0 atom stereocenters. The Labute approximate surface area is 108 Å². The number of rotatable bonds is 4. The Bertz CT molecular complexity index is 542. The smallest absolute Gasteiger partial charge is 0.253 e. The predicted molar refractivity (Wildman–Crippen MR) is 66.5 cm³/mol. The Morgan fingerprint density at radius 1 is 1.56 bits per heavy atom.